The van der Waals surface area contributed by atoms with Gasteiger partial charge in [-0.2, -0.15) is 0 Å². The molecule has 0 unspecified atom stereocenters. The fourth-order valence-corrected chi connectivity index (χ4v) is 1.24. The second-order valence-electron chi connectivity index (χ2n) is 2.96. The van der Waals surface area contributed by atoms with Crippen molar-refractivity contribution in [3.05, 3.63) is 36.5 Å². The largest absolute Gasteiger partial charge is 0.0776 e. The Morgan fingerprint density at radius 1 is 1.00 bits per heavy atom. The summed E-state index contributed by atoms with van der Waals surface area (Å²) in [6.07, 6.45) is 16.9. The molecule has 0 atom stereocenters. The molecule has 0 heterocycles. The van der Waals surface area contributed by atoms with E-state index >= 15 is 0 Å². The number of hydrogen-bond donors (Lipinski definition) is 0. The lowest BCUT2D eigenvalue weighted by molar-refractivity contribution is 0.643. The van der Waals surface area contributed by atoms with E-state index in [0.717, 1.165) is 0 Å². The van der Waals surface area contributed by atoms with Crippen LogP contribution < -0.4 is 0 Å². The van der Waals surface area contributed by atoms with Crippen LogP contribution in [0.1, 0.15) is 26.2 Å². The van der Waals surface area contributed by atoms with Gasteiger partial charge in [-0.1, -0.05) is 56.2 Å². The van der Waals surface area contributed by atoms with Crippen LogP contribution in [0.25, 0.3) is 0 Å². The standard InChI is InChI=1S/C11H16/c1-2-3-8-11-9-6-4-5-7-10-11/h4-7,9-11H,2-3,8H2,1H3. The van der Waals surface area contributed by atoms with Crippen molar-refractivity contribution in [3.63, 3.8) is 0 Å². The van der Waals surface area contributed by atoms with Crippen LogP contribution in [-0.2, 0) is 0 Å². The minimum absolute atomic E-state index is 0.671. The summed E-state index contributed by atoms with van der Waals surface area (Å²) >= 11 is 0. The van der Waals surface area contributed by atoms with Crippen molar-refractivity contribution in [1.29, 1.82) is 0 Å². The Morgan fingerprint density at radius 3 is 2.18 bits per heavy atom. The molecule has 0 aromatic carbocycles. The molecule has 0 aromatic rings. The van der Waals surface area contributed by atoms with Crippen LogP contribution >= 0.6 is 0 Å². The third-order valence-corrected chi connectivity index (χ3v) is 1.94. The van der Waals surface area contributed by atoms with Gasteiger partial charge in [0.1, 0.15) is 0 Å². The summed E-state index contributed by atoms with van der Waals surface area (Å²) in [4.78, 5) is 0. The molecule has 0 saturated heterocycles. The van der Waals surface area contributed by atoms with E-state index in [1.54, 1.807) is 0 Å². The van der Waals surface area contributed by atoms with Gasteiger partial charge in [0.2, 0.25) is 0 Å². The first-order valence-corrected chi connectivity index (χ1v) is 4.45. The maximum atomic E-state index is 2.27. The zero-order chi connectivity index (χ0) is 7.94. The van der Waals surface area contributed by atoms with Crippen molar-refractivity contribution < 1.29 is 0 Å². The second-order valence-corrected chi connectivity index (χ2v) is 2.96. The van der Waals surface area contributed by atoms with Gasteiger partial charge in [0.05, 0.1) is 0 Å². The summed E-state index contributed by atoms with van der Waals surface area (Å²) in [5, 5.41) is 0. The van der Waals surface area contributed by atoms with Gasteiger partial charge in [0, 0.05) is 0 Å². The number of unbranched alkanes of at least 4 members (excludes halogenated alkanes) is 1. The van der Waals surface area contributed by atoms with E-state index in [0.29, 0.717) is 5.92 Å². The SMILES string of the molecule is CCCCC1C=CC=CC=C1. The van der Waals surface area contributed by atoms with Crippen LogP contribution in [0.3, 0.4) is 0 Å². The normalized spacial score (nSPS) is 17.2. The molecule has 0 aliphatic heterocycles. The van der Waals surface area contributed by atoms with E-state index in [2.05, 4.69) is 43.4 Å². The zero-order valence-corrected chi connectivity index (χ0v) is 7.16. The molecule has 1 aliphatic rings. The van der Waals surface area contributed by atoms with Crippen LogP contribution in [0.2, 0.25) is 0 Å². The Morgan fingerprint density at radius 2 is 1.64 bits per heavy atom. The summed E-state index contributed by atoms with van der Waals surface area (Å²) in [5.74, 6) is 0.671. The van der Waals surface area contributed by atoms with Crippen molar-refractivity contribution in [3.8, 4) is 0 Å². The van der Waals surface area contributed by atoms with Crippen LogP contribution in [0.5, 0.6) is 0 Å². The maximum absolute atomic E-state index is 2.27. The van der Waals surface area contributed by atoms with Gasteiger partial charge in [-0.15, -0.1) is 0 Å². The molecule has 1 rings (SSSR count). The number of rotatable bonds is 3. The summed E-state index contributed by atoms with van der Waals surface area (Å²) < 4.78 is 0. The van der Waals surface area contributed by atoms with Crippen molar-refractivity contribution in [2.45, 2.75) is 26.2 Å². The first-order chi connectivity index (χ1) is 5.43. The van der Waals surface area contributed by atoms with Gasteiger partial charge >= 0.3 is 0 Å². The molecular weight excluding hydrogens is 132 g/mol. The van der Waals surface area contributed by atoms with Gasteiger partial charge in [0.25, 0.3) is 0 Å². The first-order valence-electron chi connectivity index (χ1n) is 4.45. The lowest BCUT2D eigenvalue weighted by Gasteiger charge is -2.03. The lowest BCUT2D eigenvalue weighted by Crippen LogP contribution is -1.89. The highest BCUT2D eigenvalue weighted by molar-refractivity contribution is 5.19. The maximum Gasteiger partial charge on any atom is -0.00473 e. The number of allylic oxidation sites excluding steroid dienone is 6. The average Bonchev–Trinajstić information content (AvgIpc) is 2.28. The van der Waals surface area contributed by atoms with Gasteiger partial charge in [0.15, 0.2) is 0 Å². The molecule has 0 aromatic heterocycles. The van der Waals surface area contributed by atoms with Crippen molar-refractivity contribution in [2.24, 2.45) is 5.92 Å². The highest BCUT2D eigenvalue weighted by atomic mass is 14.0. The van der Waals surface area contributed by atoms with E-state index in [1.165, 1.54) is 19.3 Å². The molecule has 0 N–H and O–H groups in total. The molecule has 60 valence electrons. The molecule has 0 radical (unpaired) electrons. The Labute approximate surface area is 69.3 Å². The van der Waals surface area contributed by atoms with E-state index in [1.807, 2.05) is 0 Å². The highest BCUT2D eigenvalue weighted by Gasteiger charge is 1.98. The third kappa shape index (κ3) is 3.22. The average molecular weight is 148 g/mol. The second kappa shape index (κ2) is 4.95. The van der Waals surface area contributed by atoms with E-state index in [9.17, 15) is 0 Å². The molecule has 0 saturated carbocycles. The Hall–Kier alpha value is -0.780. The topological polar surface area (TPSA) is 0 Å². The van der Waals surface area contributed by atoms with Gasteiger partial charge in [-0.3, -0.25) is 0 Å². The van der Waals surface area contributed by atoms with E-state index in [-0.39, 0.29) is 0 Å². The summed E-state index contributed by atoms with van der Waals surface area (Å²) in [7, 11) is 0. The van der Waals surface area contributed by atoms with E-state index < -0.39 is 0 Å². The monoisotopic (exact) mass is 148 g/mol. The third-order valence-electron chi connectivity index (χ3n) is 1.94. The molecule has 0 bridgehead atoms. The minimum Gasteiger partial charge on any atom is -0.0776 e. The molecule has 0 heteroatoms. The zero-order valence-electron chi connectivity index (χ0n) is 7.16. The lowest BCUT2D eigenvalue weighted by atomic mass is 10.0. The summed E-state index contributed by atoms with van der Waals surface area (Å²) in [6.45, 7) is 2.24. The minimum atomic E-state index is 0.671. The molecule has 11 heavy (non-hydrogen) atoms. The van der Waals surface area contributed by atoms with Crippen LogP contribution in [0.15, 0.2) is 36.5 Å². The van der Waals surface area contributed by atoms with Gasteiger partial charge in [-0.25, -0.2) is 0 Å². The molecule has 0 fully saturated rings. The fourth-order valence-electron chi connectivity index (χ4n) is 1.24. The molecule has 0 spiro atoms. The first kappa shape index (κ1) is 8.32. The predicted octanol–water partition coefficient (Wildman–Crippen LogP) is 3.48. The highest BCUT2D eigenvalue weighted by Crippen LogP contribution is 2.13. The smallest absolute Gasteiger partial charge is 0.00473 e. The Bertz CT molecular complexity index is 156. The summed E-state index contributed by atoms with van der Waals surface area (Å²) in [5.41, 5.74) is 0. The predicted molar refractivity (Wildman–Crippen MR) is 50.4 cm³/mol. The Balaban J connectivity index is 2.34. The van der Waals surface area contributed by atoms with Crippen LogP contribution in [0.4, 0.5) is 0 Å². The van der Waals surface area contributed by atoms with Gasteiger partial charge < -0.3 is 0 Å². The molecule has 1 aliphatic carbocycles. The van der Waals surface area contributed by atoms with Crippen molar-refractivity contribution >= 4 is 0 Å². The quantitative estimate of drug-likeness (QED) is 0.575. The molecule has 0 nitrogen and oxygen atoms in total. The van der Waals surface area contributed by atoms with Crippen LogP contribution in [0, 0.1) is 5.92 Å². The molecule has 0 amide bonds. The van der Waals surface area contributed by atoms with Crippen LogP contribution in [-0.4, -0.2) is 0 Å². The van der Waals surface area contributed by atoms with Crippen molar-refractivity contribution in [1.82, 2.24) is 0 Å². The fraction of sp³-hybridized carbons (Fsp3) is 0.455. The van der Waals surface area contributed by atoms with Crippen molar-refractivity contribution in [2.75, 3.05) is 0 Å². The Kier molecular flexibility index (Phi) is 3.74. The molecular formula is C11H16. The van der Waals surface area contributed by atoms with E-state index in [4.69, 9.17) is 0 Å². The number of hydrogen-bond acceptors (Lipinski definition) is 0. The van der Waals surface area contributed by atoms with Gasteiger partial charge in [-0.05, 0) is 12.3 Å². The summed E-state index contributed by atoms with van der Waals surface area (Å²) in [6, 6.07) is 0.